The molecule has 2 aromatic heterocycles. The van der Waals surface area contributed by atoms with Crippen LogP contribution < -0.4 is 10.6 Å². The monoisotopic (exact) mass is 428 g/mol. The number of nitrogens with zero attached hydrogens (tertiary/aromatic N) is 4. The molecule has 0 saturated carbocycles. The third kappa shape index (κ3) is 4.72. The van der Waals surface area contributed by atoms with Gasteiger partial charge < -0.3 is 24.6 Å². The number of esters is 2. The van der Waals surface area contributed by atoms with Gasteiger partial charge in [-0.15, -0.1) is 0 Å². The van der Waals surface area contributed by atoms with E-state index >= 15 is 0 Å². The molecule has 3 aromatic rings. The molecule has 0 spiro atoms. The quantitative estimate of drug-likeness (QED) is 0.320. The van der Waals surface area contributed by atoms with Gasteiger partial charge in [0, 0.05) is 11.8 Å². The predicted molar refractivity (Wildman–Crippen MR) is 106 cm³/mol. The molecule has 0 aliphatic carbocycles. The van der Waals surface area contributed by atoms with E-state index in [1.54, 1.807) is 6.92 Å². The Hall–Kier alpha value is -4.55. The second-order valence-corrected chi connectivity index (χ2v) is 6.03. The van der Waals surface area contributed by atoms with Crippen molar-refractivity contribution in [3.8, 4) is 0 Å². The van der Waals surface area contributed by atoms with Crippen LogP contribution in [-0.2, 0) is 9.47 Å². The van der Waals surface area contributed by atoms with Gasteiger partial charge in [-0.3, -0.25) is 10.1 Å². The fourth-order valence-electron chi connectivity index (χ4n) is 2.59. The van der Waals surface area contributed by atoms with Crippen LogP contribution in [0.2, 0.25) is 0 Å². The highest BCUT2D eigenvalue weighted by Gasteiger charge is 2.25. The largest absolute Gasteiger partial charge is 0.465 e. The van der Waals surface area contributed by atoms with Crippen LogP contribution in [0.1, 0.15) is 26.5 Å². The van der Waals surface area contributed by atoms with E-state index < -0.39 is 22.5 Å². The molecular formula is C18H16N6O7. The average molecular weight is 428 g/mol. The Kier molecular flexibility index (Phi) is 6.05. The van der Waals surface area contributed by atoms with Crippen molar-refractivity contribution in [2.45, 2.75) is 6.92 Å². The lowest BCUT2D eigenvalue weighted by Gasteiger charge is -2.11. The normalized spacial score (nSPS) is 10.3. The first kappa shape index (κ1) is 21.2. The Balaban J connectivity index is 2.03. The van der Waals surface area contributed by atoms with Crippen LogP contribution in [0.4, 0.5) is 28.8 Å². The number of benzene rings is 1. The lowest BCUT2D eigenvalue weighted by Crippen LogP contribution is -2.09. The Bertz CT molecular complexity index is 1130. The molecule has 2 N–H and O–H groups in total. The number of nitrogens with one attached hydrogen (secondary N) is 2. The molecule has 13 heteroatoms. The highest BCUT2D eigenvalue weighted by atomic mass is 16.6. The van der Waals surface area contributed by atoms with E-state index in [1.165, 1.54) is 38.5 Å². The van der Waals surface area contributed by atoms with Crippen LogP contribution in [0.15, 0.2) is 35.1 Å². The van der Waals surface area contributed by atoms with E-state index in [0.29, 0.717) is 5.76 Å². The first-order chi connectivity index (χ1) is 14.8. The Labute approximate surface area is 174 Å². The minimum atomic E-state index is -0.713. The highest BCUT2D eigenvalue weighted by molar-refractivity contribution is 5.97. The summed E-state index contributed by atoms with van der Waals surface area (Å²) in [6.07, 6.45) is 1.09. The molecule has 0 amide bonds. The Morgan fingerprint density at radius 2 is 1.58 bits per heavy atom. The minimum absolute atomic E-state index is 0.0287. The number of ether oxygens (including phenoxy) is 2. The molecule has 13 nitrogen and oxygen atoms in total. The van der Waals surface area contributed by atoms with Gasteiger partial charge in [-0.1, -0.05) is 5.16 Å². The fraction of sp³-hybridized carbons (Fsp3) is 0.167. The molecule has 31 heavy (non-hydrogen) atoms. The van der Waals surface area contributed by atoms with Gasteiger partial charge in [0.15, 0.2) is 5.82 Å². The molecular weight excluding hydrogens is 412 g/mol. The van der Waals surface area contributed by atoms with Gasteiger partial charge in [-0.05, 0) is 25.1 Å². The fourth-order valence-corrected chi connectivity index (χ4v) is 2.59. The molecule has 0 saturated heterocycles. The second kappa shape index (κ2) is 8.86. The van der Waals surface area contributed by atoms with Crippen LogP contribution in [-0.4, -0.2) is 46.2 Å². The van der Waals surface area contributed by atoms with Crippen molar-refractivity contribution in [1.29, 1.82) is 0 Å². The van der Waals surface area contributed by atoms with Gasteiger partial charge in [0.25, 0.3) is 0 Å². The highest BCUT2D eigenvalue weighted by Crippen LogP contribution is 2.33. The maximum atomic E-state index is 12.0. The van der Waals surface area contributed by atoms with E-state index in [-0.39, 0.29) is 34.3 Å². The zero-order chi connectivity index (χ0) is 22.5. The summed E-state index contributed by atoms with van der Waals surface area (Å²) in [5.41, 5.74) is -0.276. The number of aromatic nitrogens is 3. The average Bonchev–Trinajstić information content (AvgIpc) is 3.16. The smallest absolute Gasteiger partial charge is 0.353 e. The number of carbonyl (C=O) groups excluding carboxylic acids is 2. The Morgan fingerprint density at radius 1 is 1.00 bits per heavy atom. The zero-order valence-electron chi connectivity index (χ0n) is 16.5. The van der Waals surface area contributed by atoms with Crippen molar-refractivity contribution in [3.05, 3.63) is 57.6 Å². The molecule has 1 aromatic carbocycles. The van der Waals surface area contributed by atoms with Crippen molar-refractivity contribution in [2.75, 3.05) is 24.9 Å². The van der Waals surface area contributed by atoms with Crippen LogP contribution in [0.25, 0.3) is 0 Å². The van der Waals surface area contributed by atoms with Gasteiger partial charge >= 0.3 is 17.6 Å². The topological polar surface area (TPSA) is 172 Å². The molecule has 160 valence electrons. The van der Waals surface area contributed by atoms with Gasteiger partial charge in [-0.25, -0.2) is 19.6 Å². The van der Waals surface area contributed by atoms with Crippen molar-refractivity contribution < 1.29 is 28.5 Å². The molecule has 0 unspecified atom stereocenters. The third-order valence-corrected chi connectivity index (χ3v) is 3.92. The lowest BCUT2D eigenvalue weighted by molar-refractivity contribution is -0.383. The zero-order valence-corrected chi connectivity index (χ0v) is 16.5. The predicted octanol–water partition coefficient (Wildman–Crippen LogP) is 2.74. The maximum Gasteiger partial charge on any atom is 0.353 e. The second-order valence-electron chi connectivity index (χ2n) is 6.03. The summed E-state index contributed by atoms with van der Waals surface area (Å²) in [6, 6.07) is 5.49. The number of hydrogen-bond donors (Lipinski definition) is 2. The van der Waals surface area contributed by atoms with Crippen LogP contribution >= 0.6 is 0 Å². The summed E-state index contributed by atoms with van der Waals surface area (Å²) in [4.78, 5) is 42.7. The van der Waals surface area contributed by atoms with Crippen molar-refractivity contribution in [3.63, 3.8) is 0 Å². The molecule has 0 fully saturated rings. The SMILES string of the molecule is COC(=O)c1cc(Nc2ncnc(Nc3cc(C)on3)c2[N+](=O)[O-])cc(C(=O)OC)c1. The number of hydrogen-bond acceptors (Lipinski definition) is 12. The van der Waals surface area contributed by atoms with Gasteiger partial charge in [0.2, 0.25) is 11.6 Å². The summed E-state index contributed by atoms with van der Waals surface area (Å²) in [6.45, 7) is 1.66. The molecule has 2 heterocycles. The molecule has 0 aliphatic rings. The number of anilines is 4. The van der Waals surface area contributed by atoms with Crippen molar-refractivity contribution >= 4 is 40.8 Å². The van der Waals surface area contributed by atoms with Crippen molar-refractivity contribution in [2.24, 2.45) is 0 Å². The van der Waals surface area contributed by atoms with Gasteiger partial charge in [0.1, 0.15) is 12.1 Å². The lowest BCUT2D eigenvalue weighted by atomic mass is 10.1. The number of aryl methyl sites for hydroxylation is 1. The summed E-state index contributed by atoms with van der Waals surface area (Å²) < 4.78 is 14.3. The van der Waals surface area contributed by atoms with E-state index in [4.69, 9.17) is 4.52 Å². The van der Waals surface area contributed by atoms with Crippen LogP contribution in [0, 0.1) is 17.0 Å². The molecule has 0 atom stereocenters. The van der Waals surface area contributed by atoms with E-state index in [0.717, 1.165) is 6.33 Å². The number of methoxy groups -OCH3 is 2. The van der Waals surface area contributed by atoms with E-state index in [1.807, 2.05) is 0 Å². The minimum Gasteiger partial charge on any atom is -0.465 e. The summed E-state index contributed by atoms with van der Waals surface area (Å²) in [5, 5.41) is 20.9. The van der Waals surface area contributed by atoms with E-state index in [9.17, 15) is 19.7 Å². The number of nitro groups is 1. The third-order valence-electron chi connectivity index (χ3n) is 3.92. The first-order valence-corrected chi connectivity index (χ1v) is 8.61. The summed E-state index contributed by atoms with van der Waals surface area (Å²) in [5.74, 6) is -1.06. The molecule has 0 bridgehead atoms. The Morgan fingerprint density at radius 3 is 2.06 bits per heavy atom. The van der Waals surface area contributed by atoms with Crippen LogP contribution in [0.5, 0.6) is 0 Å². The van der Waals surface area contributed by atoms with Gasteiger partial charge in [0.05, 0.1) is 30.3 Å². The van der Waals surface area contributed by atoms with Crippen LogP contribution in [0.3, 0.4) is 0 Å². The number of rotatable bonds is 7. The van der Waals surface area contributed by atoms with Crippen molar-refractivity contribution in [1.82, 2.24) is 15.1 Å². The number of carbonyl (C=O) groups is 2. The first-order valence-electron chi connectivity index (χ1n) is 8.61. The summed E-state index contributed by atoms with van der Waals surface area (Å²) >= 11 is 0. The maximum absolute atomic E-state index is 12.0. The molecule has 3 rings (SSSR count). The summed E-state index contributed by atoms with van der Waals surface area (Å²) in [7, 11) is 2.36. The van der Waals surface area contributed by atoms with E-state index in [2.05, 4.69) is 35.2 Å². The standard InChI is InChI=1S/C18H16N6O7/c1-9-4-13(23-31-9)22-16-14(24(27)28)15(19-8-20-16)21-12-6-10(17(25)29-2)5-11(7-12)18(26)30-3/h4-8H,1-3H3,(H2,19,20,21,22,23). The van der Waals surface area contributed by atoms with Gasteiger partial charge in [-0.2, -0.15) is 0 Å². The molecule has 0 radical (unpaired) electrons. The molecule has 0 aliphatic heterocycles.